The number of pyridine rings is 1. The first-order valence-electron chi connectivity index (χ1n) is 7.98. The van der Waals surface area contributed by atoms with Crippen molar-refractivity contribution >= 4 is 28.9 Å². The van der Waals surface area contributed by atoms with Gasteiger partial charge in [0.1, 0.15) is 10.9 Å². The number of methoxy groups -OCH3 is 1. The number of carbonyl (C=O) groups is 1. The number of hydrogen-bond acceptors (Lipinski definition) is 4. The van der Waals surface area contributed by atoms with Gasteiger partial charge in [-0.1, -0.05) is 23.7 Å². The summed E-state index contributed by atoms with van der Waals surface area (Å²) in [6, 6.07) is 11.3. The topological polar surface area (TPSA) is 54.5 Å². The van der Waals surface area contributed by atoms with Crippen molar-refractivity contribution in [1.29, 1.82) is 0 Å². The van der Waals surface area contributed by atoms with E-state index in [0.29, 0.717) is 16.6 Å². The van der Waals surface area contributed by atoms with Gasteiger partial charge in [-0.05, 0) is 37.1 Å². The number of nitrogens with one attached hydrogen (secondary N) is 1. The summed E-state index contributed by atoms with van der Waals surface area (Å²) in [5, 5.41) is 3.47. The molecule has 0 saturated carbocycles. The van der Waals surface area contributed by atoms with Gasteiger partial charge in [-0.2, -0.15) is 0 Å². The maximum Gasteiger partial charge on any atom is 0.227 e. The van der Waals surface area contributed by atoms with Crippen LogP contribution < -0.4 is 15.0 Å². The van der Waals surface area contributed by atoms with E-state index in [0.717, 1.165) is 31.6 Å². The molecule has 0 unspecified atom stereocenters. The minimum Gasteiger partial charge on any atom is -0.495 e. The van der Waals surface area contributed by atoms with E-state index in [1.54, 1.807) is 13.3 Å². The van der Waals surface area contributed by atoms with E-state index < -0.39 is 0 Å². The summed E-state index contributed by atoms with van der Waals surface area (Å²) in [5.41, 5.74) is 1.77. The van der Waals surface area contributed by atoms with Gasteiger partial charge in [0.15, 0.2) is 0 Å². The number of rotatable bonds is 4. The van der Waals surface area contributed by atoms with Crippen LogP contribution in [0.25, 0.3) is 0 Å². The maximum absolute atomic E-state index is 12.5. The molecule has 1 aliphatic rings. The Morgan fingerprint density at radius 1 is 1.29 bits per heavy atom. The predicted octanol–water partition coefficient (Wildman–Crippen LogP) is 3.60. The van der Waals surface area contributed by atoms with Crippen LogP contribution in [-0.2, 0) is 4.79 Å². The number of nitrogens with zero attached hydrogens (tertiary/aromatic N) is 2. The second kappa shape index (κ2) is 7.53. The van der Waals surface area contributed by atoms with Crippen LogP contribution in [0.3, 0.4) is 0 Å². The van der Waals surface area contributed by atoms with Crippen molar-refractivity contribution in [2.45, 2.75) is 12.8 Å². The summed E-state index contributed by atoms with van der Waals surface area (Å²) in [5.74, 6) is 0.727. The Morgan fingerprint density at radius 2 is 2.04 bits per heavy atom. The molecule has 24 heavy (non-hydrogen) atoms. The summed E-state index contributed by atoms with van der Waals surface area (Å²) < 4.78 is 5.28. The number of aromatic nitrogens is 1. The highest BCUT2D eigenvalue weighted by molar-refractivity contribution is 6.29. The minimum absolute atomic E-state index is 0.00321. The molecule has 0 bridgehead atoms. The molecule has 0 spiro atoms. The number of ether oxygens (including phenoxy) is 1. The predicted molar refractivity (Wildman–Crippen MR) is 95.8 cm³/mol. The van der Waals surface area contributed by atoms with Gasteiger partial charge < -0.3 is 15.0 Å². The molecule has 1 aromatic heterocycles. The molecule has 0 radical (unpaired) electrons. The van der Waals surface area contributed by atoms with Crippen LogP contribution in [0.4, 0.5) is 11.4 Å². The van der Waals surface area contributed by atoms with E-state index in [1.165, 1.54) is 0 Å². The summed E-state index contributed by atoms with van der Waals surface area (Å²) in [4.78, 5) is 18.8. The van der Waals surface area contributed by atoms with Gasteiger partial charge in [0, 0.05) is 30.9 Å². The fourth-order valence-electron chi connectivity index (χ4n) is 2.97. The number of hydrogen-bond donors (Lipinski definition) is 1. The average Bonchev–Trinajstić information content (AvgIpc) is 2.62. The highest BCUT2D eigenvalue weighted by Gasteiger charge is 2.25. The number of carbonyl (C=O) groups excluding carboxylic acids is 1. The van der Waals surface area contributed by atoms with E-state index in [-0.39, 0.29) is 11.8 Å². The van der Waals surface area contributed by atoms with Crippen molar-refractivity contribution in [2.24, 2.45) is 5.92 Å². The number of piperidine rings is 1. The third kappa shape index (κ3) is 3.79. The maximum atomic E-state index is 12.5. The first kappa shape index (κ1) is 16.6. The van der Waals surface area contributed by atoms with Crippen molar-refractivity contribution in [3.63, 3.8) is 0 Å². The molecular weight excluding hydrogens is 326 g/mol. The van der Waals surface area contributed by atoms with Crippen molar-refractivity contribution < 1.29 is 9.53 Å². The third-order valence-electron chi connectivity index (χ3n) is 4.31. The van der Waals surface area contributed by atoms with Gasteiger partial charge in [-0.15, -0.1) is 0 Å². The van der Waals surface area contributed by atoms with Crippen LogP contribution in [0.2, 0.25) is 5.15 Å². The molecule has 2 aromatic rings. The Labute approximate surface area is 146 Å². The molecule has 0 aliphatic carbocycles. The second-order valence-corrected chi connectivity index (χ2v) is 6.17. The lowest BCUT2D eigenvalue weighted by atomic mass is 9.95. The summed E-state index contributed by atoms with van der Waals surface area (Å²) >= 11 is 5.95. The molecule has 3 rings (SSSR count). The fraction of sp³-hybridized carbons (Fsp3) is 0.333. The number of halogens is 1. The molecular formula is C18H20ClN3O2. The summed E-state index contributed by atoms with van der Waals surface area (Å²) in [6.07, 6.45) is 3.32. The van der Waals surface area contributed by atoms with Crippen LogP contribution in [0.1, 0.15) is 12.8 Å². The normalized spacial score (nSPS) is 15.2. The number of amides is 1. The molecule has 1 aromatic carbocycles. The van der Waals surface area contributed by atoms with Gasteiger partial charge in [-0.25, -0.2) is 4.98 Å². The van der Waals surface area contributed by atoms with Crippen molar-refractivity contribution in [3.8, 4) is 5.75 Å². The first-order chi connectivity index (χ1) is 11.7. The standard InChI is InChI=1S/C18H20ClN3O2/c1-24-16-5-3-2-4-15(16)21-18(23)13-7-10-22(11-8-13)14-6-9-20-17(19)12-14/h2-6,9,12-13H,7-8,10-11H2,1H3,(H,21,23). The SMILES string of the molecule is COc1ccccc1NC(=O)C1CCN(c2ccnc(Cl)c2)CC1. The van der Waals surface area contributed by atoms with Gasteiger partial charge in [0.25, 0.3) is 0 Å². The molecule has 2 heterocycles. The molecule has 1 fully saturated rings. The van der Waals surface area contributed by atoms with Gasteiger partial charge in [0.2, 0.25) is 5.91 Å². The number of benzene rings is 1. The Morgan fingerprint density at radius 3 is 2.75 bits per heavy atom. The fourth-order valence-corrected chi connectivity index (χ4v) is 3.14. The zero-order valence-corrected chi connectivity index (χ0v) is 14.3. The molecule has 1 aliphatic heterocycles. The summed E-state index contributed by atoms with van der Waals surface area (Å²) in [7, 11) is 1.60. The van der Waals surface area contributed by atoms with Gasteiger partial charge in [-0.3, -0.25) is 4.79 Å². The van der Waals surface area contributed by atoms with Gasteiger partial charge in [0.05, 0.1) is 12.8 Å². The van der Waals surface area contributed by atoms with E-state index in [1.807, 2.05) is 36.4 Å². The molecule has 5 nitrogen and oxygen atoms in total. The molecule has 1 N–H and O–H groups in total. The third-order valence-corrected chi connectivity index (χ3v) is 4.51. The largest absolute Gasteiger partial charge is 0.495 e. The van der Waals surface area contributed by atoms with Crippen LogP contribution >= 0.6 is 11.6 Å². The Kier molecular flexibility index (Phi) is 5.20. The summed E-state index contributed by atoms with van der Waals surface area (Å²) in [6.45, 7) is 1.65. The van der Waals surface area contributed by atoms with Crippen molar-refractivity contribution in [2.75, 3.05) is 30.4 Å². The van der Waals surface area contributed by atoms with Crippen LogP contribution in [0.15, 0.2) is 42.6 Å². The van der Waals surface area contributed by atoms with E-state index >= 15 is 0 Å². The van der Waals surface area contributed by atoms with Crippen LogP contribution in [-0.4, -0.2) is 31.1 Å². The van der Waals surface area contributed by atoms with Crippen molar-refractivity contribution in [3.05, 3.63) is 47.7 Å². The Hall–Kier alpha value is -2.27. The molecule has 6 heteroatoms. The smallest absolute Gasteiger partial charge is 0.227 e. The van der Waals surface area contributed by atoms with Crippen LogP contribution in [0.5, 0.6) is 5.75 Å². The van der Waals surface area contributed by atoms with Crippen LogP contribution in [0, 0.1) is 5.92 Å². The lowest BCUT2D eigenvalue weighted by molar-refractivity contribution is -0.120. The number of para-hydroxylation sites is 2. The minimum atomic E-state index is 0.00321. The Balaban J connectivity index is 1.59. The monoisotopic (exact) mass is 345 g/mol. The zero-order valence-electron chi connectivity index (χ0n) is 13.5. The second-order valence-electron chi connectivity index (χ2n) is 5.79. The van der Waals surface area contributed by atoms with Gasteiger partial charge >= 0.3 is 0 Å². The molecule has 126 valence electrons. The molecule has 1 saturated heterocycles. The highest BCUT2D eigenvalue weighted by atomic mass is 35.5. The first-order valence-corrected chi connectivity index (χ1v) is 8.35. The zero-order chi connectivity index (χ0) is 16.9. The molecule has 0 atom stereocenters. The Bertz CT molecular complexity index is 715. The van der Waals surface area contributed by atoms with Crippen molar-refractivity contribution in [1.82, 2.24) is 4.98 Å². The number of anilines is 2. The van der Waals surface area contributed by atoms with E-state index in [9.17, 15) is 4.79 Å². The average molecular weight is 346 g/mol. The lowest BCUT2D eigenvalue weighted by Crippen LogP contribution is -2.38. The van der Waals surface area contributed by atoms with E-state index in [4.69, 9.17) is 16.3 Å². The van der Waals surface area contributed by atoms with E-state index in [2.05, 4.69) is 15.2 Å². The quantitative estimate of drug-likeness (QED) is 0.860. The lowest BCUT2D eigenvalue weighted by Gasteiger charge is -2.33. The molecule has 1 amide bonds. The highest BCUT2D eigenvalue weighted by Crippen LogP contribution is 2.27.